The van der Waals surface area contributed by atoms with E-state index in [0.717, 1.165) is 0 Å². The van der Waals surface area contributed by atoms with Gasteiger partial charge in [0.15, 0.2) is 0 Å². The molecule has 0 N–H and O–H groups in total. The molecule has 2 aliphatic heterocycles. The summed E-state index contributed by atoms with van der Waals surface area (Å²) in [6, 6.07) is 62.6. The van der Waals surface area contributed by atoms with E-state index in [1.54, 1.807) is 0 Å². The summed E-state index contributed by atoms with van der Waals surface area (Å²) in [4.78, 5) is 6.98. The summed E-state index contributed by atoms with van der Waals surface area (Å²) in [5.74, 6) is 0. The van der Waals surface area contributed by atoms with Gasteiger partial charge in [0.05, 0.1) is 0 Å². The van der Waals surface area contributed by atoms with Crippen LogP contribution in [0.5, 0.6) is 0 Å². The van der Waals surface area contributed by atoms with Crippen LogP contribution in [0, 0.1) is 6.92 Å². The molecule has 8 aromatic rings. The summed E-state index contributed by atoms with van der Waals surface area (Å²) in [6.45, 7) is 2.17. The predicted octanol–water partition coefficient (Wildman–Crippen LogP) is 11.0. The summed E-state index contributed by atoms with van der Waals surface area (Å²) in [6.07, 6.45) is 3.81. The minimum absolute atomic E-state index is 0.0265. The molecule has 2 aliphatic rings. The van der Waals surface area contributed by atoms with Gasteiger partial charge in [-0.2, -0.15) is 0 Å². The predicted molar refractivity (Wildman–Crippen MR) is 215 cm³/mol. The quantitative estimate of drug-likeness (QED) is 0.177. The average molecular weight is 649 g/mol. The fourth-order valence-corrected chi connectivity index (χ4v) is 8.20. The molecule has 0 spiro atoms. The zero-order valence-corrected chi connectivity index (χ0v) is 28.3. The highest BCUT2D eigenvalue weighted by Crippen LogP contribution is 2.48. The molecule has 3 heteroatoms. The van der Waals surface area contributed by atoms with E-state index >= 15 is 0 Å². The van der Waals surface area contributed by atoms with Crippen molar-refractivity contribution in [1.29, 1.82) is 0 Å². The first-order chi connectivity index (χ1) is 25.2. The van der Waals surface area contributed by atoms with Crippen LogP contribution in [0.15, 0.2) is 182 Å². The number of hydrogen-bond donors (Lipinski definition) is 0. The van der Waals surface area contributed by atoms with Crippen LogP contribution >= 0.6 is 0 Å². The first kappa shape index (κ1) is 29.5. The maximum atomic E-state index is 4.38. The monoisotopic (exact) mass is 648 g/mol. The van der Waals surface area contributed by atoms with Crippen LogP contribution in [0.3, 0.4) is 0 Å². The van der Waals surface area contributed by atoms with Crippen LogP contribution in [-0.4, -0.2) is 11.8 Å². The molecule has 0 atom stereocenters. The highest BCUT2D eigenvalue weighted by atomic mass is 15.1. The highest BCUT2D eigenvalue weighted by Gasteiger charge is 2.42. The lowest BCUT2D eigenvalue weighted by Crippen LogP contribution is -2.59. The third-order valence-electron chi connectivity index (χ3n) is 10.7. The number of benzene rings is 7. The van der Waals surface area contributed by atoms with Crippen LogP contribution in [-0.2, 0) is 0 Å². The van der Waals surface area contributed by atoms with Gasteiger partial charge in [-0.05, 0) is 104 Å². The molecule has 0 saturated carbocycles. The number of hydrogen-bond acceptors (Lipinski definition) is 2. The molecule has 0 saturated heterocycles. The Kier molecular flexibility index (Phi) is 6.85. The minimum atomic E-state index is 0.0265. The molecule has 7 aromatic carbocycles. The Balaban J connectivity index is 1.18. The van der Waals surface area contributed by atoms with Crippen molar-refractivity contribution >= 4 is 29.1 Å². The SMILES string of the molecule is Cc1ccncc1-c1ccc(-c2ccc3c(c2)B2c4ccccc4-c4cc(-c5ccccc5)ccc4N2c2ccc(-c4ccccc4)cc2-3)cc1. The van der Waals surface area contributed by atoms with E-state index in [-0.39, 0.29) is 6.85 Å². The maximum absolute atomic E-state index is 4.38. The van der Waals surface area contributed by atoms with E-state index in [9.17, 15) is 0 Å². The normalized spacial score (nSPS) is 12.3. The first-order valence-electron chi connectivity index (χ1n) is 17.6. The van der Waals surface area contributed by atoms with Crippen molar-refractivity contribution < 1.29 is 0 Å². The lowest BCUT2D eigenvalue weighted by Gasteiger charge is -2.43. The Morgan fingerprint density at radius 1 is 0.392 bits per heavy atom. The minimum Gasteiger partial charge on any atom is -0.376 e. The Morgan fingerprint density at radius 2 is 0.902 bits per heavy atom. The Hall–Kier alpha value is -6.45. The molecule has 0 amide bonds. The van der Waals surface area contributed by atoms with Gasteiger partial charge < -0.3 is 4.81 Å². The molecule has 2 nitrogen and oxygen atoms in total. The number of nitrogens with zero attached hydrogens (tertiary/aromatic N) is 2. The van der Waals surface area contributed by atoms with Gasteiger partial charge in [0.1, 0.15) is 0 Å². The summed E-state index contributed by atoms with van der Waals surface area (Å²) < 4.78 is 0. The van der Waals surface area contributed by atoms with E-state index in [1.807, 2.05) is 12.4 Å². The van der Waals surface area contributed by atoms with Crippen molar-refractivity contribution in [3.05, 3.63) is 188 Å². The maximum Gasteiger partial charge on any atom is 0.329 e. The van der Waals surface area contributed by atoms with Crippen LogP contribution in [0.2, 0.25) is 0 Å². The largest absolute Gasteiger partial charge is 0.376 e. The van der Waals surface area contributed by atoms with E-state index in [4.69, 9.17) is 0 Å². The van der Waals surface area contributed by atoms with Crippen LogP contribution < -0.4 is 15.7 Å². The highest BCUT2D eigenvalue weighted by molar-refractivity contribution is 6.92. The molecule has 238 valence electrons. The zero-order valence-electron chi connectivity index (χ0n) is 28.3. The molecule has 0 radical (unpaired) electrons. The number of aromatic nitrogens is 1. The molecule has 0 aliphatic carbocycles. The fourth-order valence-electron chi connectivity index (χ4n) is 8.20. The standard InChI is InChI=1S/C48H33BN2/c1-32-26-27-50-31-44(32)36-18-16-35(17-19-36)39-20-23-41-43-29-38(34-12-6-3-7-13-34)22-25-48(43)51-47-24-21-37(33-10-4-2-5-11-33)28-42(47)40-14-8-9-15-45(40)49(51)46(41)30-39/h2-31H,1H3. The van der Waals surface area contributed by atoms with Gasteiger partial charge in [-0.1, -0.05) is 140 Å². The lowest BCUT2D eigenvalue weighted by atomic mass is 9.43. The molecule has 10 rings (SSSR count). The van der Waals surface area contributed by atoms with E-state index in [2.05, 4.69) is 187 Å². The molecular formula is C48H33BN2. The lowest BCUT2D eigenvalue weighted by molar-refractivity contribution is 1.29. The van der Waals surface area contributed by atoms with Gasteiger partial charge in [-0.25, -0.2) is 0 Å². The molecule has 3 heterocycles. The molecule has 0 unspecified atom stereocenters. The fraction of sp³-hybridized carbons (Fsp3) is 0.0208. The number of rotatable bonds is 4. The molecular weight excluding hydrogens is 615 g/mol. The smallest absolute Gasteiger partial charge is 0.329 e. The van der Waals surface area contributed by atoms with Gasteiger partial charge in [0, 0.05) is 40.5 Å². The van der Waals surface area contributed by atoms with Crippen molar-refractivity contribution in [3.8, 4) is 66.8 Å². The van der Waals surface area contributed by atoms with Gasteiger partial charge in [-0.15, -0.1) is 0 Å². The van der Waals surface area contributed by atoms with Crippen molar-refractivity contribution in [3.63, 3.8) is 0 Å². The summed E-state index contributed by atoms with van der Waals surface area (Å²) in [5, 5.41) is 0. The number of anilines is 2. The second-order valence-electron chi connectivity index (χ2n) is 13.6. The topological polar surface area (TPSA) is 16.1 Å². The molecule has 0 bridgehead atoms. The third-order valence-corrected chi connectivity index (χ3v) is 10.7. The molecule has 0 fully saturated rings. The van der Waals surface area contributed by atoms with Crippen LogP contribution in [0.4, 0.5) is 11.4 Å². The van der Waals surface area contributed by atoms with Gasteiger partial charge >= 0.3 is 6.85 Å². The number of fused-ring (bicyclic) bond motifs is 11. The third kappa shape index (κ3) is 4.85. The van der Waals surface area contributed by atoms with Crippen molar-refractivity contribution in [1.82, 2.24) is 4.98 Å². The van der Waals surface area contributed by atoms with E-state index in [0.29, 0.717) is 0 Å². The second-order valence-corrected chi connectivity index (χ2v) is 13.6. The Labute approximate surface area is 299 Å². The van der Waals surface area contributed by atoms with Crippen molar-refractivity contribution in [2.75, 3.05) is 4.81 Å². The van der Waals surface area contributed by atoms with Crippen LogP contribution in [0.1, 0.15) is 5.56 Å². The summed E-state index contributed by atoms with van der Waals surface area (Å²) in [7, 11) is 0. The van der Waals surface area contributed by atoms with Crippen molar-refractivity contribution in [2.24, 2.45) is 0 Å². The Morgan fingerprint density at radius 3 is 1.55 bits per heavy atom. The number of pyridine rings is 1. The first-order valence-corrected chi connectivity index (χ1v) is 17.6. The van der Waals surface area contributed by atoms with Gasteiger partial charge in [0.25, 0.3) is 0 Å². The van der Waals surface area contributed by atoms with E-state index in [1.165, 1.54) is 94.6 Å². The Bertz CT molecular complexity index is 2590. The summed E-state index contributed by atoms with van der Waals surface area (Å²) in [5.41, 5.74) is 21.1. The molecule has 1 aromatic heterocycles. The second kappa shape index (κ2) is 11.9. The van der Waals surface area contributed by atoms with Gasteiger partial charge in [0.2, 0.25) is 0 Å². The number of aryl methyl sites for hydroxylation is 1. The van der Waals surface area contributed by atoms with Crippen LogP contribution in [0.25, 0.3) is 66.8 Å². The zero-order chi connectivity index (χ0) is 33.9. The van der Waals surface area contributed by atoms with Crippen molar-refractivity contribution in [2.45, 2.75) is 6.92 Å². The van der Waals surface area contributed by atoms with Gasteiger partial charge in [-0.3, -0.25) is 4.98 Å². The van der Waals surface area contributed by atoms with E-state index < -0.39 is 0 Å². The molecule has 51 heavy (non-hydrogen) atoms. The summed E-state index contributed by atoms with van der Waals surface area (Å²) >= 11 is 0. The average Bonchev–Trinajstić information content (AvgIpc) is 3.21.